The summed E-state index contributed by atoms with van der Waals surface area (Å²) in [4.78, 5) is 11.4. The van der Waals surface area contributed by atoms with E-state index in [-0.39, 0.29) is 58.4 Å². The molecule has 0 radical (unpaired) electrons. The Bertz CT molecular complexity index is 1060. The first kappa shape index (κ1) is 46.3. The number of Topliss-reactive ketones (excluding diaryl/α,β-unsaturated/α-hetero) is 1. The molecule has 3 unspecified atom stereocenters. The van der Waals surface area contributed by atoms with Gasteiger partial charge in [0.2, 0.25) is 0 Å². The maximum Gasteiger partial charge on any atom is 2.00 e. The van der Waals surface area contributed by atoms with Crippen LogP contribution in [0.1, 0.15) is 77.7 Å². The number of rotatable bonds is 13. The standard InChI is InChI=1S/C15H23IO4.C13H17IO4.C2H5.BrH.Mg/c1-6-15(4,17)11-8-12(16)14(13(9-11)18-5)20-10(3)19-7-2;1-5-17-9(3)18-13-11(14)6-10(8(2)15)7-12(13)16-4;1-2;;/h8-10,17H,6-7H2,1-5H3;6-7,9H,5H2,1-4H3;1H2,2H3;1H;/q;;-1;;+2/p-1. The Morgan fingerprint density at radius 2 is 1.29 bits per heavy atom. The Morgan fingerprint density at radius 3 is 1.64 bits per heavy atom. The summed E-state index contributed by atoms with van der Waals surface area (Å²) >= 11 is 4.30. The van der Waals surface area contributed by atoms with Gasteiger partial charge >= 0.3 is 23.1 Å². The number of ether oxygens (including phenoxy) is 6. The molecule has 0 bridgehead atoms. The predicted molar refractivity (Wildman–Crippen MR) is 182 cm³/mol. The van der Waals surface area contributed by atoms with E-state index in [9.17, 15) is 9.90 Å². The third-order valence-electron chi connectivity index (χ3n) is 5.55. The van der Waals surface area contributed by atoms with E-state index in [4.69, 9.17) is 28.4 Å². The summed E-state index contributed by atoms with van der Waals surface area (Å²) in [7, 11) is 3.14. The monoisotopic (exact) mass is 890 g/mol. The Balaban J connectivity index is -0.000000657. The number of benzene rings is 2. The van der Waals surface area contributed by atoms with Crippen molar-refractivity contribution in [2.45, 2.75) is 80.0 Å². The van der Waals surface area contributed by atoms with Crippen LogP contribution >= 0.6 is 45.2 Å². The molecule has 3 atom stereocenters. The van der Waals surface area contributed by atoms with Crippen molar-refractivity contribution in [1.29, 1.82) is 0 Å². The Morgan fingerprint density at radius 1 is 0.881 bits per heavy atom. The van der Waals surface area contributed by atoms with E-state index in [1.807, 2.05) is 46.8 Å². The minimum Gasteiger partial charge on any atom is -1.00 e. The van der Waals surface area contributed by atoms with Gasteiger partial charge in [-0.2, -0.15) is 6.92 Å². The van der Waals surface area contributed by atoms with Crippen molar-refractivity contribution in [3.8, 4) is 23.0 Å². The SMILES string of the molecule is CCOC(C)Oc1c(I)cc(C(C)(O)CC)cc1OC.CCOC(C)Oc1c(I)cc(C(C)=O)cc1OC.[Br-].[CH2-]C.[Mg+2]. The van der Waals surface area contributed by atoms with Gasteiger partial charge in [-0.15, -0.1) is 0 Å². The zero-order valence-electron chi connectivity index (χ0n) is 26.4. The van der Waals surface area contributed by atoms with Crippen LogP contribution in [0.2, 0.25) is 0 Å². The van der Waals surface area contributed by atoms with Crippen molar-refractivity contribution >= 4 is 74.0 Å². The molecule has 236 valence electrons. The summed E-state index contributed by atoms with van der Waals surface area (Å²) in [5.41, 5.74) is 0.544. The van der Waals surface area contributed by atoms with Crippen LogP contribution in [-0.2, 0) is 15.1 Å². The molecule has 42 heavy (non-hydrogen) atoms. The first-order valence-electron chi connectivity index (χ1n) is 13.1. The van der Waals surface area contributed by atoms with Crippen molar-refractivity contribution < 1.29 is 55.3 Å². The molecule has 0 aromatic heterocycles. The average molecular weight is 892 g/mol. The molecule has 0 saturated heterocycles. The zero-order valence-corrected chi connectivity index (χ0v) is 33.8. The van der Waals surface area contributed by atoms with E-state index in [0.717, 1.165) is 12.7 Å². The van der Waals surface area contributed by atoms with Crippen molar-refractivity contribution in [1.82, 2.24) is 0 Å². The second kappa shape index (κ2) is 24.2. The number of hydrogen-bond donors (Lipinski definition) is 1. The van der Waals surface area contributed by atoms with Gasteiger partial charge in [0.15, 0.2) is 41.4 Å². The van der Waals surface area contributed by atoms with Gasteiger partial charge in [-0.25, -0.2) is 0 Å². The number of halogens is 3. The molecule has 0 amide bonds. The summed E-state index contributed by atoms with van der Waals surface area (Å²) < 4.78 is 34.5. The second-order valence-electron chi connectivity index (χ2n) is 8.44. The largest absolute Gasteiger partial charge is 2.00 e. The molecule has 0 aliphatic rings. The summed E-state index contributed by atoms with van der Waals surface area (Å²) in [6.07, 6.45) is -0.0811. The summed E-state index contributed by atoms with van der Waals surface area (Å²) in [5.74, 6) is 2.38. The van der Waals surface area contributed by atoms with Gasteiger partial charge in [-0.3, -0.25) is 4.79 Å². The van der Waals surface area contributed by atoms with Gasteiger partial charge in [-0.1, -0.05) is 6.92 Å². The second-order valence-corrected chi connectivity index (χ2v) is 10.8. The average Bonchev–Trinajstić information content (AvgIpc) is 2.92. The molecule has 0 spiro atoms. The number of carbonyl (C=O) groups is 1. The maximum absolute atomic E-state index is 11.4. The van der Waals surface area contributed by atoms with E-state index >= 15 is 0 Å². The van der Waals surface area contributed by atoms with Gasteiger partial charge < -0.3 is 57.4 Å². The van der Waals surface area contributed by atoms with Crippen LogP contribution in [0.15, 0.2) is 24.3 Å². The fraction of sp³-hybridized carbons (Fsp3) is 0.533. The first-order valence-corrected chi connectivity index (χ1v) is 15.3. The van der Waals surface area contributed by atoms with Gasteiger partial charge in [-0.05, 0) is 123 Å². The van der Waals surface area contributed by atoms with Crippen molar-refractivity contribution in [3.05, 3.63) is 49.5 Å². The molecule has 0 saturated carbocycles. The Labute approximate surface area is 306 Å². The van der Waals surface area contributed by atoms with Crippen molar-refractivity contribution in [3.63, 3.8) is 0 Å². The third kappa shape index (κ3) is 15.3. The Kier molecular flexibility index (Phi) is 26.7. The molecule has 0 aliphatic carbocycles. The van der Waals surface area contributed by atoms with Crippen LogP contribution in [0.4, 0.5) is 0 Å². The molecule has 0 fully saturated rings. The van der Waals surface area contributed by atoms with Gasteiger partial charge in [0.1, 0.15) is 0 Å². The molecule has 0 aliphatic heterocycles. The molecule has 1 N–H and O–H groups in total. The fourth-order valence-electron chi connectivity index (χ4n) is 3.26. The minimum atomic E-state index is -0.878. The quantitative estimate of drug-likeness (QED) is 0.104. The molecule has 2 rings (SSSR count). The number of aliphatic hydroxyl groups is 1. The van der Waals surface area contributed by atoms with E-state index in [0.29, 0.717) is 48.2 Å². The fourth-order valence-corrected chi connectivity index (χ4v) is 4.71. The van der Waals surface area contributed by atoms with E-state index in [1.165, 1.54) is 6.92 Å². The van der Waals surface area contributed by atoms with Crippen LogP contribution in [0.3, 0.4) is 0 Å². The normalized spacial score (nSPS) is 12.7. The zero-order chi connectivity index (χ0) is 31.0. The third-order valence-corrected chi connectivity index (χ3v) is 7.15. The smallest absolute Gasteiger partial charge is 1.00 e. The minimum absolute atomic E-state index is 0. The number of hydrogen-bond acceptors (Lipinski definition) is 8. The summed E-state index contributed by atoms with van der Waals surface area (Å²) in [5, 5.41) is 10.4. The molecular weight excluding hydrogens is 846 g/mol. The number of methoxy groups -OCH3 is 2. The van der Waals surface area contributed by atoms with Crippen LogP contribution in [0.25, 0.3) is 0 Å². The summed E-state index contributed by atoms with van der Waals surface area (Å²) in [6, 6.07) is 7.19. The van der Waals surface area contributed by atoms with Crippen LogP contribution in [0.5, 0.6) is 23.0 Å². The molecule has 8 nitrogen and oxygen atoms in total. The van der Waals surface area contributed by atoms with Gasteiger partial charge in [0.25, 0.3) is 0 Å². The van der Waals surface area contributed by atoms with Gasteiger partial charge in [0.05, 0.1) is 27.0 Å². The van der Waals surface area contributed by atoms with E-state index in [2.05, 4.69) is 52.1 Å². The van der Waals surface area contributed by atoms with Crippen LogP contribution in [-0.4, -0.2) is 74.0 Å². The van der Waals surface area contributed by atoms with Crippen molar-refractivity contribution in [2.75, 3.05) is 27.4 Å². The molecule has 0 heterocycles. The molecule has 2 aromatic rings. The van der Waals surface area contributed by atoms with Gasteiger partial charge in [0, 0.05) is 18.8 Å². The van der Waals surface area contributed by atoms with Crippen LogP contribution < -0.4 is 35.9 Å². The van der Waals surface area contributed by atoms with E-state index < -0.39 is 5.60 Å². The number of carbonyl (C=O) groups excluding carboxylic acids is 1. The summed E-state index contributed by atoms with van der Waals surface area (Å²) in [6.45, 7) is 18.9. The molecular formula is C30H45BrI2MgO8. The number of ketones is 1. The van der Waals surface area contributed by atoms with E-state index in [1.54, 1.807) is 40.2 Å². The maximum atomic E-state index is 11.4. The topological polar surface area (TPSA) is 92.7 Å². The van der Waals surface area contributed by atoms with Crippen LogP contribution in [0, 0.1) is 14.1 Å². The molecule has 2 aromatic carbocycles. The first-order chi connectivity index (χ1) is 18.8. The Hall–Kier alpha value is -0.104. The van der Waals surface area contributed by atoms with Crippen molar-refractivity contribution in [2.24, 2.45) is 0 Å². The predicted octanol–water partition coefficient (Wildman–Crippen LogP) is 4.41. The molecule has 12 heteroatoms.